The highest BCUT2D eigenvalue weighted by molar-refractivity contribution is 9.13. The van der Waals surface area contributed by atoms with Gasteiger partial charge in [-0.25, -0.2) is 0 Å². The molecule has 1 aliphatic heterocycles. The number of hydrogen-bond acceptors (Lipinski definition) is 4. The van der Waals surface area contributed by atoms with Crippen molar-refractivity contribution in [2.75, 3.05) is 17.2 Å². The van der Waals surface area contributed by atoms with Gasteiger partial charge in [0, 0.05) is 6.07 Å². The van der Waals surface area contributed by atoms with Crippen molar-refractivity contribution < 1.29 is 13.9 Å². The molecule has 2 heterocycles. The Morgan fingerprint density at radius 1 is 1.33 bits per heavy atom. The van der Waals surface area contributed by atoms with Crippen LogP contribution in [0.4, 0.5) is 11.4 Å². The standard InChI is InChI=1S/C13H9Br2ClN2O3/c14-7-1-6(21-13(7)15)4-17-9-3-11-10(2-8(9)16)18-12(19)5-20-11/h1-3,17H,4-5H2,(H,18,19). The van der Waals surface area contributed by atoms with Gasteiger partial charge in [0.25, 0.3) is 5.91 Å². The van der Waals surface area contributed by atoms with Gasteiger partial charge in [0.15, 0.2) is 11.3 Å². The molecule has 0 bridgehead atoms. The number of carbonyl (C=O) groups is 1. The molecule has 1 aromatic carbocycles. The van der Waals surface area contributed by atoms with E-state index in [1.807, 2.05) is 6.07 Å². The topological polar surface area (TPSA) is 63.5 Å². The van der Waals surface area contributed by atoms with Crippen LogP contribution in [0.25, 0.3) is 0 Å². The van der Waals surface area contributed by atoms with Gasteiger partial charge in [-0.15, -0.1) is 0 Å². The molecule has 0 atom stereocenters. The molecular weight excluding hydrogens is 427 g/mol. The van der Waals surface area contributed by atoms with E-state index in [1.54, 1.807) is 12.1 Å². The fraction of sp³-hybridized carbons (Fsp3) is 0.154. The molecule has 1 aromatic heterocycles. The Morgan fingerprint density at radius 3 is 2.86 bits per heavy atom. The summed E-state index contributed by atoms with van der Waals surface area (Å²) in [7, 11) is 0. The van der Waals surface area contributed by atoms with E-state index in [9.17, 15) is 4.79 Å². The first-order chi connectivity index (χ1) is 10.0. The highest BCUT2D eigenvalue weighted by Crippen LogP contribution is 2.36. The van der Waals surface area contributed by atoms with Crippen LogP contribution in [0.5, 0.6) is 5.75 Å². The lowest BCUT2D eigenvalue weighted by Gasteiger charge is -2.19. The lowest BCUT2D eigenvalue weighted by molar-refractivity contribution is -0.118. The summed E-state index contributed by atoms with van der Waals surface area (Å²) in [4.78, 5) is 11.3. The second-order valence-electron chi connectivity index (χ2n) is 4.35. The molecule has 1 aliphatic rings. The molecule has 0 fully saturated rings. The number of fused-ring (bicyclic) bond motifs is 1. The van der Waals surface area contributed by atoms with Crippen molar-refractivity contribution in [2.24, 2.45) is 0 Å². The summed E-state index contributed by atoms with van der Waals surface area (Å²) in [5.74, 6) is 1.14. The zero-order valence-electron chi connectivity index (χ0n) is 10.5. The Labute approximate surface area is 142 Å². The lowest BCUT2D eigenvalue weighted by Crippen LogP contribution is -2.25. The maximum atomic E-state index is 11.3. The average molecular weight is 436 g/mol. The third-order valence-electron chi connectivity index (χ3n) is 2.85. The number of ether oxygens (including phenoxy) is 1. The van der Waals surface area contributed by atoms with Crippen LogP contribution in [0.3, 0.4) is 0 Å². The number of amides is 1. The van der Waals surface area contributed by atoms with Gasteiger partial charge in [-0.2, -0.15) is 0 Å². The number of furan rings is 1. The molecule has 0 spiro atoms. The van der Waals surface area contributed by atoms with Crippen molar-refractivity contribution in [1.82, 2.24) is 0 Å². The second kappa shape index (κ2) is 5.90. The third kappa shape index (κ3) is 3.20. The fourth-order valence-electron chi connectivity index (χ4n) is 1.90. The van der Waals surface area contributed by atoms with Crippen LogP contribution in [-0.2, 0) is 11.3 Å². The van der Waals surface area contributed by atoms with E-state index in [4.69, 9.17) is 20.8 Å². The first-order valence-electron chi connectivity index (χ1n) is 5.96. The molecule has 0 saturated carbocycles. The lowest BCUT2D eigenvalue weighted by atomic mass is 10.2. The molecule has 110 valence electrons. The number of benzene rings is 1. The van der Waals surface area contributed by atoms with Crippen LogP contribution in [0.15, 0.2) is 31.8 Å². The van der Waals surface area contributed by atoms with Gasteiger partial charge in [-0.3, -0.25) is 4.79 Å². The quantitative estimate of drug-likeness (QED) is 0.749. The van der Waals surface area contributed by atoms with E-state index in [0.29, 0.717) is 33.4 Å². The smallest absolute Gasteiger partial charge is 0.262 e. The van der Waals surface area contributed by atoms with Crippen molar-refractivity contribution in [3.05, 3.63) is 38.1 Å². The minimum absolute atomic E-state index is 0.00610. The predicted octanol–water partition coefficient (Wildman–Crippen LogP) is 4.40. The number of rotatable bonds is 3. The summed E-state index contributed by atoms with van der Waals surface area (Å²) < 4.78 is 12.3. The summed E-state index contributed by atoms with van der Waals surface area (Å²) in [5.41, 5.74) is 1.28. The first-order valence-corrected chi connectivity index (χ1v) is 7.93. The molecule has 0 radical (unpaired) electrons. The first kappa shape index (κ1) is 14.7. The number of halogens is 3. The van der Waals surface area contributed by atoms with Crippen LogP contribution in [0, 0.1) is 0 Å². The number of hydrogen-bond donors (Lipinski definition) is 2. The maximum Gasteiger partial charge on any atom is 0.262 e. The van der Waals surface area contributed by atoms with E-state index in [-0.39, 0.29) is 12.5 Å². The second-order valence-corrected chi connectivity index (χ2v) is 6.33. The zero-order chi connectivity index (χ0) is 15.0. The van der Waals surface area contributed by atoms with Gasteiger partial charge in [0.1, 0.15) is 11.5 Å². The minimum Gasteiger partial charge on any atom is -0.482 e. The molecule has 0 unspecified atom stereocenters. The Bertz CT molecular complexity index is 698. The van der Waals surface area contributed by atoms with Gasteiger partial charge >= 0.3 is 0 Å². The van der Waals surface area contributed by atoms with Crippen LogP contribution in [-0.4, -0.2) is 12.5 Å². The number of anilines is 2. The van der Waals surface area contributed by atoms with Crippen molar-refractivity contribution in [1.29, 1.82) is 0 Å². The molecule has 3 rings (SSSR count). The zero-order valence-corrected chi connectivity index (χ0v) is 14.4. The van der Waals surface area contributed by atoms with Crippen LogP contribution in [0.1, 0.15) is 5.76 Å². The molecule has 21 heavy (non-hydrogen) atoms. The Hall–Kier alpha value is -1.18. The van der Waals surface area contributed by atoms with Crippen molar-refractivity contribution >= 4 is 60.7 Å². The van der Waals surface area contributed by atoms with Crippen LogP contribution in [0.2, 0.25) is 5.02 Å². The van der Waals surface area contributed by atoms with E-state index >= 15 is 0 Å². The van der Waals surface area contributed by atoms with E-state index in [1.165, 1.54) is 0 Å². The van der Waals surface area contributed by atoms with E-state index < -0.39 is 0 Å². The monoisotopic (exact) mass is 434 g/mol. The molecule has 1 amide bonds. The van der Waals surface area contributed by atoms with Crippen molar-refractivity contribution in [3.8, 4) is 5.75 Å². The Balaban J connectivity index is 1.78. The van der Waals surface area contributed by atoms with Gasteiger partial charge in [0.2, 0.25) is 0 Å². The largest absolute Gasteiger partial charge is 0.482 e. The summed E-state index contributed by atoms with van der Waals surface area (Å²) in [6, 6.07) is 5.27. The SMILES string of the molecule is O=C1COc2cc(NCc3cc(Br)c(Br)o3)c(Cl)cc2N1. The van der Waals surface area contributed by atoms with Crippen molar-refractivity contribution in [2.45, 2.75) is 6.54 Å². The Kier molecular flexibility index (Phi) is 4.14. The minimum atomic E-state index is -0.190. The molecule has 2 aromatic rings. The maximum absolute atomic E-state index is 11.3. The number of nitrogens with one attached hydrogen (secondary N) is 2. The predicted molar refractivity (Wildman–Crippen MR) is 87.0 cm³/mol. The molecule has 0 saturated heterocycles. The Morgan fingerprint density at radius 2 is 2.14 bits per heavy atom. The average Bonchev–Trinajstić information content (AvgIpc) is 2.75. The van der Waals surface area contributed by atoms with Gasteiger partial charge in [-0.1, -0.05) is 11.6 Å². The summed E-state index contributed by atoms with van der Waals surface area (Å²) in [5, 5.41) is 6.37. The van der Waals surface area contributed by atoms with Gasteiger partial charge in [-0.05, 0) is 44.0 Å². The van der Waals surface area contributed by atoms with Crippen LogP contribution < -0.4 is 15.4 Å². The summed E-state index contributed by atoms with van der Waals surface area (Å²) >= 11 is 12.8. The van der Waals surface area contributed by atoms with Crippen molar-refractivity contribution in [3.63, 3.8) is 0 Å². The van der Waals surface area contributed by atoms with E-state index in [2.05, 4.69) is 42.5 Å². The van der Waals surface area contributed by atoms with Gasteiger partial charge in [0.05, 0.1) is 27.4 Å². The normalized spacial score (nSPS) is 13.4. The highest BCUT2D eigenvalue weighted by Gasteiger charge is 2.18. The van der Waals surface area contributed by atoms with Crippen LogP contribution >= 0.6 is 43.5 Å². The summed E-state index contributed by atoms with van der Waals surface area (Å²) in [6.45, 7) is 0.473. The molecule has 8 heteroatoms. The molecule has 2 N–H and O–H groups in total. The molecule has 5 nitrogen and oxygen atoms in total. The highest BCUT2D eigenvalue weighted by atomic mass is 79.9. The number of carbonyl (C=O) groups excluding carboxylic acids is 1. The van der Waals surface area contributed by atoms with Gasteiger partial charge < -0.3 is 19.8 Å². The summed E-state index contributed by atoms with van der Waals surface area (Å²) in [6.07, 6.45) is 0. The van der Waals surface area contributed by atoms with E-state index in [0.717, 1.165) is 10.2 Å². The fourth-order valence-corrected chi connectivity index (χ4v) is 2.79. The third-order valence-corrected chi connectivity index (χ3v) is 4.87. The molecule has 0 aliphatic carbocycles. The molecular formula is C13H9Br2ClN2O3.